The van der Waals surface area contributed by atoms with E-state index in [1.807, 2.05) is 11.8 Å². The number of hydrogen-bond donors (Lipinski definition) is 2. The maximum atomic E-state index is 12.3. The molecule has 1 aliphatic heterocycles. The number of carbonyl (C=O) groups is 1. The Morgan fingerprint density at radius 2 is 2.19 bits per heavy atom. The minimum Gasteiger partial charge on any atom is -0.384 e. The van der Waals surface area contributed by atoms with E-state index >= 15 is 0 Å². The van der Waals surface area contributed by atoms with Crippen LogP contribution >= 0.6 is 0 Å². The Labute approximate surface area is 121 Å². The van der Waals surface area contributed by atoms with Crippen molar-refractivity contribution in [3.05, 3.63) is 26.4 Å². The first kappa shape index (κ1) is 15.5. The van der Waals surface area contributed by atoms with Crippen molar-refractivity contribution >= 4 is 11.6 Å². The number of nitrogens with one attached hydrogen (secondary N) is 1. The van der Waals surface area contributed by atoms with Crippen LogP contribution in [0.2, 0.25) is 0 Å². The van der Waals surface area contributed by atoms with Crippen molar-refractivity contribution in [3.8, 4) is 0 Å². The molecular formula is C13H20N4O4. The second kappa shape index (κ2) is 6.23. The molecule has 1 atom stereocenters. The van der Waals surface area contributed by atoms with Gasteiger partial charge in [-0.1, -0.05) is 0 Å². The largest absolute Gasteiger partial charge is 0.384 e. The average Bonchev–Trinajstić information content (AvgIpc) is 2.38. The fraction of sp³-hybridized carbons (Fsp3) is 0.615. The molecule has 116 valence electrons. The van der Waals surface area contributed by atoms with E-state index < -0.39 is 11.2 Å². The van der Waals surface area contributed by atoms with Gasteiger partial charge in [-0.3, -0.25) is 24.0 Å². The number of H-pyrrole nitrogens is 1. The summed E-state index contributed by atoms with van der Waals surface area (Å²) in [6.07, 6.45) is 0.0479. The zero-order valence-corrected chi connectivity index (χ0v) is 12.2. The van der Waals surface area contributed by atoms with E-state index in [2.05, 4.69) is 4.98 Å². The molecule has 8 heteroatoms. The number of nitrogen functional groups attached to an aromatic ring is 1. The van der Waals surface area contributed by atoms with Crippen molar-refractivity contribution < 1.29 is 9.53 Å². The summed E-state index contributed by atoms with van der Waals surface area (Å²) in [5, 5.41) is 0. The number of aromatic nitrogens is 2. The molecule has 1 saturated heterocycles. The minimum absolute atomic E-state index is 0.0479. The van der Waals surface area contributed by atoms with E-state index in [1.165, 1.54) is 4.57 Å². The molecule has 8 nitrogen and oxygen atoms in total. The molecule has 3 N–H and O–H groups in total. The highest BCUT2D eigenvalue weighted by atomic mass is 16.5. The fourth-order valence-electron chi connectivity index (χ4n) is 2.49. The molecule has 1 aromatic rings. The number of carbonyl (C=O) groups excluding carboxylic acids is 1. The normalized spacial score (nSPS) is 19.6. The summed E-state index contributed by atoms with van der Waals surface area (Å²) >= 11 is 0. The first-order chi connectivity index (χ1) is 9.93. The van der Waals surface area contributed by atoms with Crippen LogP contribution in [-0.2, 0) is 11.3 Å². The molecule has 0 spiro atoms. The predicted octanol–water partition coefficient (Wildman–Crippen LogP) is -0.958. The molecule has 0 radical (unpaired) electrons. The quantitative estimate of drug-likeness (QED) is 0.693. The van der Waals surface area contributed by atoms with Crippen LogP contribution in [0.5, 0.6) is 0 Å². The SMILES string of the molecule is CCn1c(N)c(C(=O)CN2CCOC(C)C2)c(=O)[nH]c1=O. The van der Waals surface area contributed by atoms with Gasteiger partial charge in [-0.25, -0.2) is 4.79 Å². The van der Waals surface area contributed by atoms with E-state index in [4.69, 9.17) is 10.5 Å². The van der Waals surface area contributed by atoms with Gasteiger partial charge in [0, 0.05) is 19.6 Å². The maximum Gasteiger partial charge on any atom is 0.329 e. The molecule has 0 saturated carbocycles. The van der Waals surface area contributed by atoms with Gasteiger partial charge in [-0.05, 0) is 13.8 Å². The third-order valence-electron chi connectivity index (χ3n) is 3.53. The minimum atomic E-state index is -0.728. The lowest BCUT2D eigenvalue weighted by molar-refractivity contribution is -0.0158. The van der Waals surface area contributed by atoms with Crippen LogP contribution in [0.4, 0.5) is 5.82 Å². The van der Waals surface area contributed by atoms with Crippen molar-refractivity contribution in [2.45, 2.75) is 26.5 Å². The van der Waals surface area contributed by atoms with Gasteiger partial charge in [0.05, 0.1) is 19.3 Å². The predicted molar refractivity (Wildman–Crippen MR) is 77.6 cm³/mol. The Bertz CT molecular complexity index is 649. The highest BCUT2D eigenvalue weighted by molar-refractivity contribution is 6.01. The zero-order valence-electron chi connectivity index (χ0n) is 12.2. The lowest BCUT2D eigenvalue weighted by atomic mass is 10.1. The van der Waals surface area contributed by atoms with Gasteiger partial charge in [-0.15, -0.1) is 0 Å². The molecule has 2 heterocycles. The number of ether oxygens (including phenoxy) is 1. The van der Waals surface area contributed by atoms with Crippen LogP contribution < -0.4 is 17.0 Å². The summed E-state index contributed by atoms with van der Waals surface area (Å²) in [6, 6.07) is 0. The van der Waals surface area contributed by atoms with Crippen LogP contribution in [0.3, 0.4) is 0 Å². The van der Waals surface area contributed by atoms with E-state index in [-0.39, 0.29) is 36.4 Å². The lowest BCUT2D eigenvalue weighted by Gasteiger charge is -2.30. The van der Waals surface area contributed by atoms with Crippen molar-refractivity contribution in [1.82, 2.24) is 14.5 Å². The summed E-state index contributed by atoms with van der Waals surface area (Å²) in [7, 11) is 0. The van der Waals surface area contributed by atoms with Crippen LogP contribution in [0.15, 0.2) is 9.59 Å². The molecule has 0 aromatic carbocycles. The number of rotatable bonds is 4. The Hall–Kier alpha value is -1.93. The first-order valence-corrected chi connectivity index (χ1v) is 6.93. The van der Waals surface area contributed by atoms with E-state index in [1.54, 1.807) is 6.92 Å². The number of anilines is 1. The number of morpholine rings is 1. The van der Waals surface area contributed by atoms with Crippen LogP contribution in [0, 0.1) is 0 Å². The average molecular weight is 296 g/mol. The van der Waals surface area contributed by atoms with Crippen molar-refractivity contribution in [1.29, 1.82) is 0 Å². The Morgan fingerprint density at radius 1 is 1.48 bits per heavy atom. The standard InChI is InChI=1S/C13H20N4O4/c1-3-17-11(14)10(12(19)15-13(17)20)9(18)7-16-4-5-21-8(2)6-16/h8H,3-7,14H2,1-2H3,(H,15,19,20). The third-order valence-corrected chi connectivity index (χ3v) is 3.53. The number of ketones is 1. The summed E-state index contributed by atoms with van der Waals surface area (Å²) < 4.78 is 6.58. The lowest BCUT2D eigenvalue weighted by Crippen LogP contribution is -2.45. The van der Waals surface area contributed by atoms with E-state index in [9.17, 15) is 14.4 Å². The highest BCUT2D eigenvalue weighted by Crippen LogP contribution is 2.09. The van der Waals surface area contributed by atoms with Gasteiger partial charge in [0.2, 0.25) is 0 Å². The summed E-state index contributed by atoms with van der Waals surface area (Å²) in [4.78, 5) is 39.8. The van der Waals surface area contributed by atoms with Gasteiger partial charge < -0.3 is 10.5 Å². The van der Waals surface area contributed by atoms with Crippen molar-refractivity contribution in [3.63, 3.8) is 0 Å². The van der Waals surface area contributed by atoms with E-state index in [0.717, 1.165) is 0 Å². The molecular weight excluding hydrogens is 276 g/mol. The Balaban J connectivity index is 2.27. The summed E-state index contributed by atoms with van der Waals surface area (Å²) in [6.45, 7) is 5.81. The second-order valence-corrected chi connectivity index (χ2v) is 5.10. The Morgan fingerprint density at radius 3 is 2.81 bits per heavy atom. The zero-order chi connectivity index (χ0) is 15.6. The number of aromatic amines is 1. The van der Waals surface area contributed by atoms with Gasteiger partial charge in [0.25, 0.3) is 5.56 Å². The van der Waals surface area contributed by atoms with Crippen molar-refractivity contribution in [2.75, 3.05) is 32.0 Å². The number of hydrogen-bond acceptors (Lipinski definition) is 6. The van der Waals surface area contributed by atoms with Gasteiger partial charge in [0.15, 0.2) is 5.78 Å². The van der Waals surface area contributed by atoms with Gasteiger partial charge in [0.1, 0.15) is 11.4 Å². The summed E-state index contributed by atoms with van der Waals surface area (Å²) in [5.41, 5.74) is 4.34. The molecule has 2 rings (SSSR count). The van der Waals surface area contributed by atoms with Gasteiger partial charge in [-0.2, -0.15) is 0 Å². The second-order valence-electron chi connectivity index (χ2n) is 5.10. The highest BCUT2D eigenvalue weighted by Gasteiger charge is 2.23. The topological polar surface area (TPSA) is 110 Å². The monoisotopic (exact) mass is 296 g/mol. The fourth-order valence-corrected chi connectivity index (χ4v) is 2.49. The molecule has 0 amide bonds. The maximum absolute atomic E-state index is 12.3. The number of Topliss-reactive ketones (excluding diaryl/α,β-unsaturated/α-hetero) is 1. The molecule has 1 aromatic heterocycles. The van der Waals surface area contributed by atoms with Crippen LogP contribution in [0.25, 0.3) is 0 Å². The first-order valence-electron chi connectivity index (χ1n) is 6.93. The van der Waals surface area contributed by atoms with E-state index in [0.29, 0.717) is 19.7 Å². The van der Waals surface area contributed by atoms with Crippen LogP contribution in [0.1, 0.15) is 24.2 Å². The Kier molecular flexibility index (Phi) is 4.59. The molecule has 21 heavy (non-hydrogen) atoms. The molecule has 0 aliphatic carbocycles. The molecule has 1 fully saturated rings. The molecule has 1 unspecified atom stereocenters. The molecule has 1 aliphatic rings. The van der Waals surface area contributed by atoms with Crippen LogP contribution in [-0.4, -0.2) is 52.6 Å². The smallest absolute Gasteiger partial charge is 0.329 e. The number of nitrogens with zero attached hydrogens (tertiary/aromatic N) is 2. The third kappa shape index (κ3) is 3.22. The van der Waals surface area contributed by atoms with Crippen molar-refractivity contribution in [2.24, 2.45) is 0 Å². The summed E-state index contributed by atoms with van der Waals surface area (Å²) in [5.74, 6) is -0.456. The molecule has 0 bridgehead atoms. The number of nitrogens with two attached hydrogens (primary N) is 1. The van der Waals surface area contributed by atoms with Gasteiger partial charge >= 0.3 is 5.69 Å².